The summed E-state index contributed by atoms with van der Waals surface area (Å²) in [6, 6.07) is 17.0. The van der Waals surface area contributed by atoms with Gasteiger partial charge >= 0.3 is 21.6 Å². The molecule has 0 saturated carbocycles. The molecule has 1 fully saturated rings. The second-order valence-electron chi connectivity index (χ2n) is 7.75. The third-order valence-corrected chi connectivity index (χ3v) is 6.20. The Kier molecular flexibility index (Phi) is 8.37. The Morgan fingerprint density at radius 1 is 1.06 bits per heavy atom. The van der Waals surface area contributed by atoms with Gasteiger partial charge in [-0.05, 0) is 24.1 Å². The lowest BCUT2D eigenvalue weighted by Gasteiger charge is -2.18. The number of alkyl halides is 3. The van der Waals surface area contributed by atoms with Crippen molar-refractivity contribution in [2.75, 3.05) is 6.61 Å². The molecule has 2 aromatic rings. The Balaban J connectivity index is 1.89. The van der Waals surface area contributed by atoms with Crippen molar-refractivity contribution in [3.63, 3.8) is 0 Å². The molecule has 0 unspecified atom stereocenters. The first-order valence-electron chi connectivity index (χ1n) is 10.8. The molecule has 0 N–H and O–H groups in total. The average Bonchev–Trinajstić information content (AvgIpc) is 3.25. The molecule has 10 heteroatoms. The summed E-state index contributed by atoms with van der Waals surface area (Å²) in [5.74, 6) is -0.857. The fourth-order valence-corrected chi connectivity index (χ4v) is 4.09. The van der Waals surface area contributed by atoms with Gasteiger partial charge in [0.1, 0.15) is 18.5 Å². The maximum Gasteiger partial charge on any atom is 0.534 e. The normalized spacial score (nSPS) is 20.1. The van der Waals surface area contributed by atoms with E-state index in [1.165, 1.54) is 0 Å². The molecule has 6 nitrogen and oxygen atoms in total. The van der Waals surface area contributed by atoms with Gasteiger partial charge in [0.05, 0.1) is 11.7 Å². The molecule has 1 saturated heterocycles. The van der Waals surface area contributed by atoms with Crippen molar-refractivity contribution in [2.24, 2.45) is 0 Å². The molecular weight excluding hydrogens is 473 g/mol. The summed E-state index contributed by atoms with van der Waals surface area (Å²) in [7, 11) is -5.85. The van der Waals surface area contributed by atoms with Crippen LogP contribution in [0.4, 0.5) is 13.2 Å². The number of hydrogen-bond donors (Lipinski definition) is 0. The maximum atomic E-state index is 13.0. The Labute approximate surface area is 196 Å². The van der Waals surface area contributed by atoms with Gasteiger partial charge in [-0.25, -0.2) is 4.79 Å². The molecule has 0 aliphatic carbocycles. The monoisotopic (exact) mass is 498 g/mol. The molecule has 1 heterocycles. The first-order valence-corrected chi connectivity index (χ1v) is 12.2. The van der Waals surface area contributed by atoms with Crippen LogP contribution in [0, 0.1) is 0 Å². The highest BCUT2D eigenvalue weighted by Gasteiger charge is 2.49. The van der Waals surface area contributed by atoms with E-state index in [2.05, 4.69) is 4.18 Å². The Morgan fingerprint density at radius 3 is 2.26 bits per heavy atom. The fourth-order valence-electron chi connectivity index (χ4n) is 3.54. The first-order chi connectivity index (χ1) is 16.1. The van der Waals surface area contributed by atoms with Gasteiger partial charge in [-0.15, -0.1) is 0 Å². The SMILES string of the molecule is CCCC/C(OS(=O)(=O)C(F)(F)F)=C1/C[C@H](COC(=O)c2ccccc2)O[C@@H]1c1ccccc1. The van der Waals surface area contributed by atoms with Crippen LogP contribution >= 0.6 is 0 Å². The van der Waals surface area contributed by atoms with Crippen LogP contribution in [0.5, 0.6) is 0 Å². The van der Waals surface area contributed by atoms with Crippen molar-refractivity contribution in [2.45, 2.75) is 50.3 Å². The maximum absolute atomic E-state index is 13.0. The molecule has 2 atom stereocenters. The number of carbonyl (C=O) groups excluding carboxylic acids is 1. The van der Waals surface area contributed by atoms with Crippen LogP contribution in [0.15, 0.2) is 72.0 Å². The predicted molar refractivity (Wildman–Crippen MR) is 118 cm³/mol. The highest BCUT2D eigenvalue weighted by atomic mass is 32.2. The highest BCUT2D eigenvalue weighted by Crippen LogP contribution is 2.42. The smallest absolute Gasteiger partial charge is 0.459 e. The topological polar surface area (TPSA) is 78.9 Å². The zero-order valence-electron chi connectivity index (χ0n) is 18.5. The quantitative estimate of drug-likeness (QED) is 0.191. The molecular formula is C24H25F3O6S. The molecule has 0 spiro atoms. The Morgan fingerprint density at radius 2 is 1.68 bits per heavy atom. The summed E-state index contributed by atoms with van der Waals surface area (Å²) in [5.41, 5.74) is -4.30. The molecule has 3 rings (SSSR count). The predicted octanol–water partition coefficient (Wildman–Crippen LogP) is 5.68. The summed E-state index contributed by atoms with van der Waals surface area (Å²) in [6.45, 7) is 1.67. The highest BCUT2D eigenvalue weighted by molar-refractivity contribution is 7.87. The van der Waals surface area contributed by atoms with Crippen LogP contribution in [0.1, 0.15) is 54.6 Å². The van der Waals surface area contributed by atoms with Crippen LogP contribution in [0.2, 0.25) is 0 Å². The van der Waals surface area contributed by atoms with E-state index in [0.29, 0.717) is 24.0 Å². The Bertz CT molecular complexity index is 1100. The van der Waals surface area contributed by atoms with Gasteiger partial charge in [-0.3, -0.25) is 0 Å². The van der Waals surface area contributed by atoms with Crippen molar-refractivity contribution in [3.05, 3.63) is 83.1 Å². The largest absolute Gasteiger partial charge is 0.534 e. The molecule has 2 aromatic carbocycles. The van der Waals surface area contributed by atoms with Crippen LogP contribution < -0.4 is 0 Å². The van der Waals surface area contributed by atoms with Gasteiger partial charge in [0.2, 0.25) is 0 Å². The number of carbonyl (C=O) groups is 1. The van der Waals surface area contributed by atoms with Crippen molar-refractivity contribution in [1.82, 2.24) is 0 Å². The minimum absolute atomic E-state index is 0.00956. The minimum Gasteiger partial charge on any atom is -0.459 e. The molecule has 0 bridgehead atoms. The lowest BCUT2D eigenvalue weighted by Crippen LogP contribution is -2.26. The second kappa shape index (κ2) is 11.1. The van der Waals surface area contributed by atoms with E-state index >= 15 is 0 Å². The van der Waals surface area contributed by atoms with Crippen molar-refractivity contribution < 1.29 is 40.0 Å². The van der Waals surface area contributed by atoms with E-state index in [1.54, 1.807) is 60.7 Å². The molecule has 0 radical (unpaired) electrons. The lowest BCUT2D eigenvalue weighted by molar-refractivity contribution is -0.0525. The third-order valence-electron chi connectivity index (χ3n) is 5.21. The molecule has 184 valence electrons. The third kappa shape index (κ3) is 6.38. The zero-order valence-corrected chi connectivity index (χ0v) is 19.3. The number of ether oxygens (including phenoxy) is 2. The van der Waals surface area contributed by atoms with E-state index in [0.717, 1.165) is 0 Å². The number of rotatable bonds is 9. The molecule has 0 aromatic heterocycles. The summed E-state index contributed by atoms with van der Waals surface area (Å²) < 4.78 is 78.7. The first kappa shape index (κ1) is 25.8. The zero-order chi connectivity index (χ0) is 24.8. The Hall–Kier alpha value is -2.85. The van der Waals surface area contributed by atoms with Gasteiger partial charge in [0.25, 0.3) is 0 Å². The number of unbranched alkanes of at least 4 members (excludes halogenated alkanes) is 1. The number of halogens is 3. The van der Waals surface area contributed by atoms with Gasteiger partial charge in [-0.1, -0.05) is 61.9 Å². The minimum atomic E-state index is -5.85. The van der Waals surface area contributed by atoms with Gasteiger partial charge in [0, 0.05) is 18.4 Å². The van der Waals surface area contributed by atoms with E-state index in [-0.39, 0.29) is 30.8 Å². The summed E-state index contributed by atoms with van der Waals surface area (Å²) in [4.78, 5) is 12.3. The second-order valence-corrected chi connectivity index (χ2v) is 9.29. The summed E-state index contributed by atoms with van der Waals surface area (Å²) in [6.07, 6.45) is -0.459. The van der Waals surface area contributed by atoms with Crippen LogP contribution in [-0.2, 0) is 23.8 Å². The number of hydrogen-bond acceptors (Lipinski definition) is 6. The van der Waals surface area contributed by atoms with Crippen molar-refractivity contribution in [1.29, 1.82) is 0 Å². The van der Waals surface area contributed by atoms with Crippen molar-refractivity contribution in [3.8, 4) is 0 Å². The van der Waals surface area contributed by atoms with Crippen LogP contribution in [-0.4, -0.2) is 32.6 Å². The van der Waals surface area contributed by atoms with E-state index in [9.17, 15) is 26.4 Å². The summed E-state index contributed by atoms with van der Waals surface area (Å²) in [5, 5.41) is 0. The number of esters is 1. The van der Waals surface area contributed by atoms with E-state index < -0.39 is 33.8 Å². The standard InChI is InChI=1S/C24H25F3O6S/c1-2-3-14-21(33-34(29,30)24(25,26)27)20-15-19(32-22(20)17-10-6-4-7-11-17)16-31-23(28)18-12-8-5-9-13-18/h4-13,19,22H,2-3,14-16H2,1H3/b21-20+/t19-,22-/m1/s1. The lowest BCUT2D eigenvalue weighted by atomic mass is 9.97. The van der Waals surface area contributed by atoms with Crippen LogP contribution in [0.25, 0.3) is 0 Å². The van der Waals surface area contributed by atoms with Gasteiger partial charge in [0.15, 0.2) is 0 Å². The summed E-state index contributed by atoms with van der Waals surface area (Å²) >= 11 is 0. The fraction of sp³-hybridized carbons (Fsp3) is 0.375. The van der Waals surface area contributed by atoms with E-state index in [4.69, 9.17) is 9.47 Å². The van der Waals surface area contributed by atoms with Gasteiger partial charge in [-0.2, -0.15) is 21.6 Å². The average molecular weight is 499 g/mol. The van der Waals surface area contributed by atoms with Crippen molar-refractivity contribution >= 4 is 16.1 Å². The molecule has 0 amide bonds. The molecule has 34 heavy (non-hydrogen) atoms. The van der Waals surface area contributed by atoms with Crippen LogP contribution in [0.3, 0.4) is 0 Å². The molecule has 1 aliphatic rings. The molecule has 1 aliphatic heterocycles. The van der Waals surface area contributed by atoms with E-state index in [1.807, 2.05) is 6.92 Å². The van der Waals surface area contributed by atoms with Gasteiger partial charge < -0.3 is 13.7 Å². The number of benzene rings is 2. The number of allylic oxidation sites excluding steroid dienone is 1.